The summed E-state index contributed by atoms with van der Waals surface area (Å²) in [6.45, 7) is 0. The predicted octanol–water partition coefficient (Wildman–Crippen LogP) is 13.1. The van der Waals surface area contributed by atoms with Gasteiger partial charge >= 0.3 is 0 Å². The summed E-state index contributed by atoms with van der Waals surface area (Å²) in [5.41, 5.74) is 9.14. The number of para-hydroxylation sites is 4. The Bertz CT molecular complexity index is 3060. The summed E-state index contributed by atoms with van der Waals surface area (Å²) < 4.78 is 21.4. The molecule has 4 aromatic heterocycles. The summed E-state index contributed by atoms with van der Waals surface area (Å²) >= 11 is 1.78. The van der Waals surface area contributed by atoms with E-state index in [4.69, 9.17) is 18.2 Å². The van der Waals surface area contributed by atoms with Gasteiger partial charge in [-0.1, -0.05) is 66.7 Å². The minimum atomic E-state index is 0.634. The fourth-order valence-corrected chi connectivity index (χ4v) is 8.51. The van der Waals surface area contributed by atoms with Crippen molar-refractivity contribution >= 4 is 104 Å². The zero-order chi connectivity index (χ0) is 32.1. The molecule has 49 heavy (non-hydrogen) atoms. The van der Waals surface area contributed by atoms with E-state index in [2.05, 4.69) is 95.9 Å². The van der Waals surface area contributed by atoms with Crippen molar-refractivity contribution < 1.29 is 13.3 Å². The van der Waals surface area contributed by atoms with Gasteiger partial charge in [0.1, 0.15) is 27.8 Å². The highest BCUT2D eigenvalue weighted by Gasteiger charge is 2.22. The quantitative estimate of drug-likeness (QED) is 0.190. The lowest BCUT2D eigenvalue weighted by Gasteiger charge is -2.26. The molecular formula is C43H24N2O3S. The molecule has 11 rings (SSSR count). The molecule has 0 unspecified atom stereocenters. The van der Waals surface area contributed by atoms with E-state index in [9.17, 15) is 0 Å². The second-order valence-corrected chi connectivity index (χ2v) is 13.4. The first-order valence-electron chi connectivity index (χ1n) is 16.2. The molecule has 230 valence electrons. The highest BCUT2D eigenvalue weighted by atomic mass is 32.1. The number of nitrogens with zero attached hydrogens (tertiary/aromatic N) is 2. The molecule has 0 N–H and O–H groups in total. The molecule has 0 fully saturated rings. The number of anilines is 3. The Labute approximate surface area is 282 Å². The molecule has 0 atom stereocenters. The number of fused-ring (bicyclic) bond motifs is 10. The fourth-order valence-electron chi connectivity index (χ4n) is 7.34. The second-order valence-electron chi connectivity index (χ2n) is 12.3. The van der Waals surface area contributed by atoms with Gasteiger partial charge < -0.3 is 18.2 Å². The molecular weight excluding hydrogens is 625 g/mol. The van der Waals surface area contributed by atoms with Crippen LogP contribution in [-0.4, -0.2) is 4.98 Å². The highest BCUT2D eigenvalue weighted by molar-refractivity contribution is 7.26. The second kappa shape index (κ2) is 10.1. The lowest BCUT2D eigenvalue weighted by molar-refractivity contribution is 0.620. The summed E-state index contributed by atoms with van der Waals surface area (Å²) in [6.07, 6.45) is 0. The SMILES string of the molecule is c1ccc2oc(-c3cccc4sc5cc(N(c6ccc7c(c6)oc6ccccc67)c6cccc7oc8ccccc8c67)ccc5c34)nc2c1. The van der Waals surface area contributed by atoms with Crippen LogP contribution in [0.2, 0.25) is 0 Å². The van der Waals surface area contributed by atoms with E-state index in [-0.39, 0.29) is 0 Å². The Kier molecular flexibility index (Phi) is 5.48. The summed E-state index contributed by atoms with van der Waals surface area (Å²) in [7, 11) is 0. The van der Waals surface area contributed by atoms with Gasteiger partial charge in [-0.05, 0) is 72.8 Å². The van der Waals surface area contributed by atoms with E-state index in [1.165, 1.54) is 14.8 Å². The van der Waals surface area contributed by atoms with Crippen molar-refractivity contribution in [2.45, 2.75) is 0 Å². The number of hydrogen-bond donors (Lipinski definition) is 0. The molecule has 0 aliphatic rings. The lowest BCUT2D eigenvalue weighted by Crippen LogP contribution is -2.10. The maximum atomic E-state index is 6.39. The van der Waals surface area contributed by atoms with E-state index < -0.39 is 0 Å². The van der Waals surface area contributed by atoms with E-state index in [1.807, 2.05) is 54.6 Å². The van der Waals surface area contributed by atoms with Gasteiger partial charge in [0.15, 0.2) is 5.58 Å². The van der Waals surface area contributed by atoms with Gasteiger partial charge in [0.2, 0.25) is 5.89 Å². The highest BCUT2D eigenvalue weighted by Crippen LogP contribution is 2.47. The number of furan rings is 2. The van der Waals surface area contributed by atoms with Crippen molar-refractivity contribution in [2.24, 2.45) is 0 Å². The molecule has 0 spiro atoms. The van der Waals surface area contributed by atoms with Crippen LogP contribution in [-0.2, 0) is 0 Å². The van der Waals surface area contributed by atoms with Gasteiger partial charge in [0, 0.05) is 59.3 Å². The predicted molar refractivity (Wildman–Crippen MR) is 202 cm³/mol. The minimum Gasteiger partial charge on any atom is -0.456 e. The minimum absolute atomic E-state index is 0.634. The van der Waals surface area contributed by atoms with E-state index >= 15 is 0 Å². The summed E-state index contributed by atoms with van der Waals surface area (Å²) in [4.78, 5) is 7.17. The summed E-state index contributed by atoms with van der Waals surface area (Å²) in [5.74, 6) is 0.634. The van der Waals surface area contributed by atoms with Crippen molar-refractivity contribution in [3.63, 3.8) is 0 Å². The summed E-state index contributed by atoms with van der Waals surface area (Å²) in [6, 6.07) is 50.3. The Hall–Kier alpha value is -6.37. The zero-order valence-electron chi connectivity index (χ0n) is 25.9. The van der Waals surface area contributed by atoms with Gasteiger partial charge in [-0.2, -0.15) is 0 Å². The maximum Gasteiger partial charge on any atom is 0.227 e. The van der Waals surface area contributed by atoms with E-state index in [0.29, 0.717) is 5.89 Å². The zero-order valence-corrected chi connectivity index (χ0v) is 26.7. The Morgan fingerprint density at radius 1 is 0.449 bits per heavy atom. The Morgan fingerprint density at radius 2 is 1.12 bits per heavy atom. The fraction of sp³-hybridized carbons (Fsp3) is 0. The molecule has 0 aliphatic carbocycles. The number of thiophene rings is 1. The third-order valence-electron chi connectivity index (χ3n) is 9.51. The van der Waals surface area contributed by atoms with E-state index in [0.717, 1.165) is 83.0 Å². The first-order chi connectivity index (χ1) is 24.3. The molecule has 11 aromatic rings. The molecule has 0 bridgehead atoms. The average molecular weight is 649 g/mol. The van der Waals surface area contributed by atoms with Crippen molar-refractivity contribution in [3.05, 3.63) is 146 Å². The van der Waals surface area contributed by atoms with Gasteiger partial charge in [-0.15, -0.1) is 11.3 Å². The molecule has 7 aromatic carbocycles. The number of hydrogen-bond acceptors (Lipinski definition) is 6. The summed E-state index contributed by atoms with van der Waals surface area (Å²) in [5, 5.41) is 6.67. The molecule has 4 heterocycles. The Morgan fingerprint density at radius 3 is 2.00 bits per heavy atom. The van der Waals surface area contributed by atoms with Gasteiger partial charge in [-0.3, -0.25) is 0 Å². The van der Waals surface area contributed by atoms with E-state index in [1.54, 1.807) is 11.3 Å². The normalized spacial score (nSPS) is 12.1. The third-order valence-corrected chi connectivity index (χ3v) is 10.6. The monoisotopic (exact) mass is 648 g/mol. The average Bonchev–Trinajstić information content (AvgIpc) is 3.92. The van der Waals surface area contributed by atoms with Crippen LogP contribution < -0.4 is 4.90 Å². The van der Waals surface area contributed by atoms with Crippen LogP contribution in [0, 0.1) is 0 Å². The number of oxazole rings is 1. The van der Waals surface area contributed by atoms with Crippen molar-refractivity contribution in [3.8, 4) is 11.5 Å². The van der Waals surface area contributed by atoms with Crippen LogP contribution in [0.5, 0.6) is 0 Å². The number of aromatic nitrogens is 1. The largest absolute Gasteiger partial charge is 0.456 e. The lowest BCUT2D eigenvalue weighted by atomic mass is 10.0. The molecule has 0 amide bonds. The molecule has 5 nitrogen and oxygen atoms in total. The van der Waals surface area contributed by atoms with Crippen LogP contribution >= 0.6 is 11.3 Å². The number of rotatable bonds is 4. The molecule has 6 heteroatoms. The molecule has 0 saturated heterocycles. The third kappa shape index (κ3) is 3.95. The standard InChI is InChI=1S/C43H24N2O3S/c1-4-14-34-27(9-1)28-21-19-25(23-38(28)47-34)45(33-13-8-17-37-42(33)29-10-2-5-15-35(29)46-37)26-20-22-30-40(24-26)49-39-18-7-11-31(41(30)39)43-44-32-12-3-6-16-36(32)48-43/h1-24H. The molecule has 0 radical (unpaired) electrons. The Balaban J connectivity index is 1.16. The molecule has 0 saturated carbocycles. The van der Waals surface area contributed by atoms with Gasteiger partial charge in [0.05, 0.1) is 11.1 Å². The van der Waals surface area contributed by atoms with Crippen molar-refractivity contribution in [2.75, 3.05) is 4.90 Å². The van der Waals surface area contributed by atoms with Crippen molar-refractivity contribution in [1.29, 1.82) is 0 Å². The first-order valence-corrected chi connectivity index (χ1v) is 17.0. The van der Waals surface area contributed by atoms with Crippen LogP contribution in [0.25, 0.3) is 86.6 Å². The first kappa shape index (κ1) is 26.7. The van der Waals surface area contributed by atoms with Gasteiger partial charge in [-0.25, -0.2) is 4.98 Å². The maximum absolute atomic E-state index is 6.39. The van der Waals surface area contributed by atoms with Crippen LogP contribution in [0.1, 0.15) is 0 Å². The smallest absolute Gasteiger partial charge is 0.227 e. The molecule has 0 aliphatic heterocycles. The number of benzene rings is 7. The van der Waals surface area contributed by atoms with Crippen LogP contribution in [0.15, 0.2) is 159 Å². The van der Waals surface area contributed by atoms with Crippen LogP contribution in [0.3, 0.4) is 0 Å². The van der Waals surface area contributed by atoms with Crippen molar-refractivity contribution in [1.82, 2.24) is 4.98 Å². The topological polar surface area (TPSA) is 55.6 Å². The van der Waals surface area contributed by atoms with Gasteiger partial charge in [0.25, 0.3) is 0 Å². The van der Waals surface area contributed by atoms with Crippen LogP contribution in [0.4, 0.5) is 17.1 Å².